The fraction of sp³-hybridized carbons (Fsp3) is 0.500. The molecular formula is C12H18N2O4S. The van der Waals surface area contributed by atoms with E-state index in [1.54, 1.807) is 6.92 Å². The van der Waals surface area contributed by atoms with E-state index in [-0.39, 0.29) is 22.4 Å². The van der Waals surface area contributed by atoms with Gasteiger partial charge in [0, 0.05) is 18.2 Å². The Balaban J connectivity index is 2.79. The highest BCUT2D eigenvalue weighted by Crippen LogP contribution is 2.17. The Bertz CT molecular complexity index is 525. The summed E-state index contributed by atoms with van der Waals surface area (Å²) in [6.07, 6.45) is 0.932. The van der Waals surface area contributed by atoms with Crippen LogP contribution in [-0.4, -0.2) is 31.7 Å². The zero-order valence-electron chi connectivity index (χ0n) is 11.0. The molecule has 7 heteroatoms. The van der Waals surface area contributed by atoms with Gasteiger partial charge in [-0.2, -0.15) is 0 Å². The predicted molar refractivity (Wildman–Crippen MR) is 72.9 cm³/mol. The van der Waals surface area contributed by atoms with Crippen molar-refractivity contribution in [2.45, 2.75) is 31.2 Å². The third-order valence-corrected chi connectivity index (χ3v) is 4.55. The second-order valence-electron chi connectivity index (χ2n) is 4.39. The lowest BCUT2D eigenvalue weighted by Crippen LogP contribution is -2.33. The normalized spacial score (nSPS) is 13.2. The van der Waals surface area contributed by atoms with Gasteiger partial charge >= 0.3 is 0 Å². The van der Waals surface area contributed by atoms with Crippen molar-refractivity contribution in [2.24, 2.45) is 0 Å². The molecule has 1 aromatic rings. The average Bonchev–Trinajstić information content (AvgIpc) is 2.36. The van der Waals surface area contributed by atoms with E-state index in [4.69, 9.17) is 0 Å². The quantitative estimate of drug-likeness (QED) is 0.609. The molecule has 0 amide bonds. The van der Waals surface area contributed by atoms with Crippen LogP contribution < -0.4 is 5.32 Å². The zero-order valence-corrected chi connectivity index (χ0v) is 11.8. The Kier molecular flexibility index (Phi) is 5.44. The van der Waals surface area contributed by atoms with Crippen LogP contribution >= 0.6 is 0 Å². The molecule has 0 aromatic heterocycles. The van der Waals surface area contributed by atoms with Crippen molar-refractivity contribution in [1.82, 2.24) is 5.32 Å². The van der Waals surface area contributed by atoms with Crippen LogP contribution in [0.25, 0.3) is 0 Å². The minimum atomic E-state index is -3.42. The van der Waals surface area contributed by atoms with Gasteiger partial charge in [-0.3, -0.25) is 10.1 Å². The summed E-state index contributed by atoms with van der Waals surface area (Å²) in [5.74, 6) is -0.0230. The van der Waals surface area contributed by atoms with E-state index in [9.17, 15) is 18.5 Å². The summed E-state index contributed by atoms with van der Waals surface area (Å²) in [5, 5.41) is 13.6. The van der Waals surface area contributed by atoms with Crippen LogP contribution in [0.15, 0.2) is 29.2 Å². The predicted octanol–water partition coefficient (Wildman–Crippen LogP) is 1.76. The number of rotatable bonds is 7. The van der Waals surface area contributed by atoms with E-state index in [1.807, 2.05) is 6.92 Å². The highest BCUT2D eigenvalue weighted by atomic mass is 32.2. The third-order valence-electron chi connectivity index (χ3n) is 2.62. The van der Waals surface area contributed by atoms with Gasteiger partial charge in [0.05, 0.1) is 15.6 Å². The molecule has 106 valence electrons. The third kappa shape index (κ3) is 4.60. The topological polar surface area (TPSA) is 89.3 Å². The Hall–Kier alpha value is -1.47. The van der Waals surface area contributed by atoms with Crippen LogP contribution in [0.4, 0.5) is 5.69 Å². The number of nitro groups is 1. The lowest BCUT2D eigenvalue weighted by Gasteiger charge is -2.13. The summed E-state index contributed by atoms with van der Waals surface area (Å²) in [6, 6.07) is 4.81. The van der Waals surface area contributed by atoms with E-state index >= 15 is 0 Å². The Labute approximate surface area is 112 Å². The molecule has 0 spiro atoms. The Morgan fingerprint density at radius 3 is 2.37 bits per heavy atom. The van der Waals surface area contributed by atoms with Gasteiger partial charge < -0.3 is 5.32 Å². The number of nitrogens with zero attached hydrogens (tertiary/aromatic N) is 1. The Morgan fingerprint density at radius 2 is 1.89 bits per heavy atom. The van der Waals surface area contributed by atoms with E-state index in [0.717, 1.165) is 13.0 Å². The summed E-state index contributed by atoms with van der Waals surface area (Å²) >= 11 is 0. The van der Waals surface area contributed by atoms with Crippen molar-refractivity contribution in [3.63, 3.8) is 0 Å². The molecule has 1 unspecified atom stereocenters. The second kappa shape index (κ2) is 6.63. The zero-order chi connectivity index (χ0) is 14.5. The van der Waals surface area contributed by atoms with Gasteiger partial charge in [0.2, 0.25) is 0 Å². The van der Waals surface area contributed by atoms with Crippen molar-refractivity contribution < 1.29 is 13.3 Å². The molecule has 6 nitrogen and oxygen atoms in total. The van der Waals surface area contributed by atoms with Crippen molar-refractivity contribution in [3.8, 4) is 0 Å². The van der Waals surface area contributed by atoms with E-state index in [0.29, 0.717) is 0 Å². The molecule has 0 aliphatic carbocycles. The van der Waals surface area contributed by atoms with Crippen molar-refractivity contribution >= 4 is 15.5 Å². The molecule has 1 rings (SSSR count). The summed E-state index contributed by atoms with van der Waals surface area (Å²) in [7, 11) is -3.42. The van der Waals surface area contributed by atoms with Crippen LogP contribution in [-0.2, 0) is 9.84 Å². The van der Waals surface area contributed by atoms with E-state index in [1.165, 1.54) is 24.3 Å². The number of hydrogen-bond acceptors (Lipinski definition) is 5. The largest absolute Gasteiger partial charge is 0.313 e. The molecule has 0 heterocycles. The van der Waals surface area contributed by atoms with Gasteiger partial charge in [-0.15, -0.1) is 0 Å². The van der Waals surface area contributed by atoms with Crippen molar-refractivity contribution in [1.29, 1.82) is 0 Å². The van der Waals surface area contributed by atoms with E-state index in [2.05, 4.69) is 5.32 Å². The minimum absolute atomic E-state index is 0.0230. The van der Waals surface area contributed by atoms with Crippen molar-refractivity contribution in [2.75, 3.05) is 12.3 Å². The van der Waals surface area contributed by atoms with Crippen LogP contribution in [0.3, 0.4) is 0 Å². The summed E-state index contributed by atoms with van der Waals surface area (Å²) in [4.78, 5) is 10.1. The van der Waals surface area contributed by atoms with Crippen LogP contribution in [0, 0.1) is 10.1 Å². The first kappa shape index (κ1) is 15.6. The lowest BCUT2D eigenvalue weighted by molar-refractivity contribution is -0.384. The molecule has 1 aromatic carbocycles. The van der Waals surface area contributed by atoms with Crippen LogP contribution in [0.2, 0.25) is 0 Å². The average molecular weight is 286 g/mol. The SMILES string of the molecule is CCCNC(C)CS(=O)(=O)c1ccc([N+](=O)[O-])cc1. The van der Waals surface area contributed by atoms with E-state index < -0.39 is 14.8 Å². The fourth-order valence-electron chi connectivity index (χ4n) is 1.65. The highest BCUT2D eigenvalue weighted by Gasteiger charge is 2.19. The standard InChI is InChI=1S/C12H18N2O4S/c1-3-8-13-10(2)9-19(17,18)12-6-4-11(5-7-12)14(15)16/h4-7,10,13H,3,8-9H2,1-2H3. The molecule has 0 radical (unpaired) electrons. The molecule has 0 saturated carbocycles. The maximum atomic E-state index is 12.1. The smallest absolute Gasteiger partial charge is 0.269 e. The molecule has 1 atom stereocenters. The number of sulfone groups is 1. The molecular weight excluding hydrogens is 268 g/mol. The molecule has 19 heavy (non-hydrogen) atoms. The molecule has 0 fully saturated rings. The van der Waals surface area contributed by atoms with Crippen molar-refractivity contribution in [3.05, 3.63) is 34.4 Å². The summed E-state index contributed by atoms with van der Waals surface area (Å²) in [5.41, 5.74) is -0.115. The first-order valence-corrected chi connectivity index (χ1v) is 7.72. The lowest BCUT2D eigenvalue weighted by atomic mass is 10.3. The number of nitro benzene ring substituents is 1. The number of hydrogen-bond donors (Lipinski definition) is 1. The van der Waals surface area contributed by atoms with Gasteiger partial charge in [0.1, 0.15) is 0 Å². The van der Waals surface area contributed by atoms with Crippen LogP contribution in [0.5, 0.6) is 0 Å². The molecule has 0 saturated heterocycles. The minimum Gasteiger partial charge on any atom is -0.313 e. The van der Waals surface area contributed by atoms with Gasteiger partial charge in [0.25, 0.3) is 5.69 Å². The number of nitrogens with one attached hydrogen (secondary N) is 1. The summed E-state index contributed by atoms with van der Waals surface area (Å²) < 4.78 is 24.2. The maximum absolute atomic E-state index is 12.1. The molecule has 0 aliphatic rings. The van der Waals surface area contributed by atoms with Crippen LogP contribution in [0.1, 0.15) is 20.3 Å². The van der Waals surface area contributed by atoms with Gasteiger partial charge in [-0.25, -0.2) is 8.42 Å². The molecule has 1 N–H and O–H groups in total. The number of benzene rings is 1. The first-order chi connectivity index (χ1) is 8.86. The monoisotopic (exact) mass is 286 g/mol. The first-order valence-electron chi connectivity index (χ1n) is 6.07. The fourth-order valence-corrected chi connectivity index (χ4v) is 3.17. The molecule has 0 aliphatic heterocycles. The molecule has 0 bridgehead atoms. The highest BCUT2D eigenvalue weighted by molar-refractivity contribution is 7.91. The second-order valence-corrected chi connectivity index (χ2v) is 6.42. The van der Waals surface area contributed by atoms with Gasteiger partial charge in [-0.1, -0.05) is 6.92 Å². The Morgan fingerprint density at radius 1 is 1.32 bits per heavy atom. The maximum Gasteiger partial charge on any atom is 0.269 e. The summed E-state index contributed by atoms with van der Waals surface area (Å²) in [6.45, 7) is 4.57. The van der Waals surface area contributed by atoms with Gasteiger partial charge in [-0.05, 0) is 32.0 Å². The van der Waals surface area contributed by atoms with Gasteiger partial charge in [0.15, 0.2) is 9.84 Å². The number of non-ortho nitro benzene ring substituents is 1.